The Morgan fingerprint density at radius 1 is 1.08 bits per heavy atom. The number of furan rings is 1. The van der Waals surface area contributed by atoms with Crippen LogP contribution in [-0.4, -0.2) is 27.0 Å². The second-order valence-corrected chi connectivity index (χ2v) is 10.0. The third-order valence-corrected chi connectivity index (χ3v) is 6.80. The monoisotopic (exact) mass is 503 g/mol. The van der Waals surface area contributed by atoms with Gasteiger partial charge in [0.25, 0.3) is 11.5 Å². The molecule has 0 saturated carbocycles. The van der Waals surface area contributed by atoms with E-state index in [2.05, 4.69) is 19.2 Å². The highest BCUT2D eigenvalue weighted by Crippen LogP contribution is 2.21. The lowest BCUT2D eigenvalue weighted by atomic mass is 10.1. The largest absolute Gasteiger partial charge is 0.467 e. The van der Waals surface area contributed by atoms with Crippen molar-refractivity contribution in [3.05, 3.63) is 93.7 Å². The van der Waals surface area contributed by atoms with Crippen molar-refractivity contribution in [3.63, 3.8) is 0 Å². The molecule has 0 aliphatic carbocycles. The first-order valence-corrected chi connectivity index (χ1v) is 12.9. The van der Waals surface area contributed by atoms with Gasteiger partial charge in [-0.05, 0) is 49.6 Å². The first-order valence-electron chi connectivity index (χ1n) is 11.9. The van der Waals surface area contributed by atoms with E-state index in [0.29, 0.717) is 45.4 Å². The number of aryl methyl sites for hydroxylation is 1. The van der Waals surface area contributed by atoms with Gasteiger partial charge in [0.1, 0.15) is 5.76 Å². The molecule has 36 heavy (non-hydrogen) atoms. The van der Waals surface area contributed by atoms with Gasteiger partial charge < -0.3 is 9.73 Å². The summed E-state index contributed by atoms with van der Waals surface area (Å²) in [5, 5.41) is 3.72. The fraction of sp³-hybridized carbons (Fsp3) is 0.286. The molecule has 2 heterocycles. The molecule has 2 aromatic carbocycles. The Kier molecular flexibility index (Phi) is 8.05. The summed E-state index contributed by atoms with van der Waals surface area (Å²) in [6.45, 7) is 6.94. The number of amides is 1. The van der Waals surface area contributed by atoms with Gasteiger partial charge >= 0.3 is 0 Å². The maximum Gasteiger partial charge on any atom is 0.262 e. The smallest absolute Gasteiger partial charge is 0.262 e. The number of thioether (sulfide) groups is 1. The average molecular weight is 504 g/mol. The zero-order valence-corrected chi connectivity index (χ0v) is 21.4. The maximum atomic E-state index is 13.4. The lowest BCUT2D eigenvalue weighted by molar-refractivity contribution is 0.0947. The Bertz CT molecular complexity index is 1420. The quantitative estimate of drug-likeness (QED) is 0.180. The summed E-state index contributed by atoms with van der Waals surface area (Å²) < 4.78 is 6.90. The number of fused-ring (bicyclic) bond motifs is 1. The topological polar surface area (TPSA) is 94.2 Å². The highest BCUT2D eigenvalue weighted by molar-refractivity contribution is 7.99. The van der Waals surface area contributed by atoms with Crippen LogP contribution in [0.15, 0.2) is 75.2 Å². The number of nitrogens with one attached hydrogen (secondary N) is 1. The summed E-state index contributed by atoms with van der Waals surface area (Å²) in [5.41, 5.74) is 2.36. The zero-order valence-electron chi connectivity index (χ0n) is 20.6. The first kappa shape index (κ1) is 25.4. The SMILES string of the molecule is Cc1ccc(C(=O)CSc2nc3cc(C(=O)NCc4ccco4)ccc3c(=O)n2CCC(C)C)cc1. The number of rotatable bonds is 10. The van der Waals surface area contributed by atoms with Crippen molar-refractivity contribution in [2.45, 2.75) is 45.4 Å². The number of hydrogen-bond donors (Lipinski definition) is 1. The van der Waals surface area contributed by atoms with E-state index in [4.69, 9.17) is 9.40 Å². The molecule has 0 atom stereocenters. The fourth-order valence-corrected chi connectivity index (χ4v) is 4.59. The molecule has 1 N–H and O–H groups in total. The van der Waals surface area contributed by atoms with Crippen LogP contribution in [0, 0.1) is 12.8 Å². The first-order chi connectivity index (χ1) is 17.3. The van der Waals surface area contributed by atoms with Crippen LogP contribution in [0.1, 0.15) is 52.3 Å². The molecule has 1 amide bonds. The van der Waals surface area contributed by atoms with Crippen LogP contribution in [0.25, 0.3) is 10.9 Å². The van der Waals surface area contributed by atoms with Crippen molar-refractivity contribution >= 4 is 34.4 Å². The summed E-state index contributed by atoms with van der Waals surface area (Å²) in [7, 11) is 0. The van der Waals surface area contributed by atoms with E-state index in [0.717, 1.165) is 12.0 Å². The molecular weight excluding hydrogens is 474 g/mol. The van der Waals surface area contributed by atoms with E-state index in [9.17, 15) is 14.4 Å². The van der Waals surface area contributed by atoms with E-state index in [1.165, 1.54) is 11.8 Å². The van der Waals surface area contributed by atoms with Crippen LogP contribution < -0.4 is 10.9 Å². The Hall–Kier alpha value is -3.65. The molecule has 8 heteroatoms. The summed E-state index contributed by atoms with van der Waals surface area (Å²) in [4.78, 5) is 43.6. The van der Waals surface area contributed by atoms with Gasteiger partial charge in [-0.2, -0.15) is 0 Å². The molecule has 0 spiro atoms. The molecule has 0 aliphatic rings. The minimum atomic E-state index is -0.289. The molecule has 0 bridgehead atoms. The van der Waals surface area contributed by atoms with Crippen molar-refractivity contribution < 1.29 is 14.0 Å². The normalized spacial score (nSPS) is 11.2. The highest BCUT2D eigenvalue weighted by atomic mass is 32.2. The minimum Gasteiger partial charge on any atom is -0.467 e. The second-order valence-electron chi connectivity index (χ2n) is 9.11. The Morgan fingerprint density at radius 3 is 2.53 bits per heavy atom. The van der Waals surface area contributed by atoms with Crippen LogP contribution in [0.5, 0.6) is 0 Å². The standard InChI is InChI=1S/C28H29N3O4S/c1-18(2)12-13-31-27(34)23-11-10-21(26(33)29-16-22-5-4-14-35-22)15-24(23)30-28(31)36-17-25(32)20-8-6-19(3)7-9-20/h4-11,14-15,18H,12-13,16-17H2,1-3H3,(H,29,33). The molecule has 186 valence electrons. The van der Waals surface area contributed by atoms with Crippen LogP contribution in [0.4, 0.5) is 0 Å². The predicted molar refractivity (Wildman–Crippen MR) is 142 cm³/mol. The van der Waals surface area contributed by atoms with E-state index >= 15 is 0 Å². The number of carbonyl (C=O) groups is 2. The summed E-state index contributed by atoms with van der Waals surface area (Å²) in [5.74, 6) is 0.886. The van der Waals surface area contributed by atoms with E-state index in [1.807, 2.05) is 31.2 Å². The molecule has 0 aliphatic heterocycles. The third kappa shape index (κ3) is 6.12. The molecule has 4 aromatic rings. The average Bonchev–Trinajstić information content (AvgIpc) is 3.39. The predicted octanol–water partition coefficient (Wildman–Crippen LogP) is 5.25. The van der Waals surface area contributed by atoms with Crippen LogP contribution in [0.3, 0.4) is 0 Å². The number of ketones is 1. The number of Topliss-reactive ketones (excluding diaryl/α,β-unsaturated/α-hetero) is 1. The maximum absolute atomic E-state index is 13.4. The van der Waals surface area contributed by atoms with Gasteiger partial charge in [-0.1, -0.05) is 55.4 Å². The molecule has 7 nitrogen and oxygen atoms in total. The summed E-state index contributed by atoms with van der Waals surface area (Å²) in [6.07, 6.45) is 2.36. The molecule has 0 unspecified atom stereocenters. The number of nitrogens with zero attached hydrogens (tertiary/aromatic N) is 2. The van der Waals surface area contributed by atoms with Gasteiger partial charge in [-0.25, -0.2) is 4.98 Å². The number of hydrogen-bond acceptors (Lipinski definition) is 6. The summed E-state index contributed by atoms with van der Waals surface area (Å²) in [6, 6.07) is 15.9. The second kappa shape index (κ2) is 11.4. The van der Waals surface area contributed by atoms with Crippen molar-refractivity contribution in [2.24, 2.45) is 5.92 Å². The highest BCUT2D eigenvalue weighted by Gasteiger charge is 2.16. The lowest BCUT2D eigenvalue weighted by Gasteiger charge is -2.14. The molecule has 2 aromatic heterocycles. The third-order valence-electron chi connectivity index (χ3n) is 5.82. The van der Waals surface area contributed by atoms with Gasteiger partial charge in [0.05, 0.1) is 29.5 Å². The van der Waals surface area contributed by atoms with E-state index in [-0.39, 0.29) is 29.5 Å². The molecule has 0 saturated heterocycles. The van der Waals surface area contributed by atoms with E-state index in [1.54, 1.807) is 41.2 Å². The zero-order chi connectivity index (χ0) is 25.7. The number of carbonyl (C=O) groups excluding carboxylic acids is 2. The Labute approximate surface area is 213 Å². The Balaban J connectivity index is 1.61. The molecule has 0 fully saturated rings. The van der Waals surface area contributed by atoms with Crippen molar-refractivity contribution in [3.8, 4) is 0 Å². The van der Waals surface area contributed by atoms with Crippen LogP contribution in [0.2, 0.25) is 0 Å². The van der Waals surface area contributed by atoms with Gasteiger partial charge in [-0.3, -0.25) is 19.0 Å². The van der Waals surface area contributed by atoms with E-state index < -0.39 is 0 Å². The van der Waals surface area contributed by atoms with Crippen molar-refractivity contribution in [1.82, 2.24) is 14.9 Å². The molecular formula is C28H29N3O4S. The van der Waals surface area contributed by atoms with Gasteiger partial charge in [-0.15, -0.1) is 0 Å². The van der Waals surface area contributed by atoms with Gasteiger partial charge in [0.15, 0.2) is 10.9 Å². The minimum absolute atomic E-state index is 0.0317. The van der Waals surface area contributed by atoms with Gasteiger partial charge in [0, 0.05) is 17.7 Å². The van der Waals surface area contributed by atoms with Crippen molar-refractivity contribution in [1.29, 1.82) is 0 Å². The lowest BCUT2D eigenvalue weighted by Crippen LogP contribution is -2.25. The summed E-state index contributed by atoms with van der Waals surface area (Å²) >= 11 is 1.25. The Morgan fingerprint density at radius 2 is 1.83 bits per heavy atom. The number of benzene rings is 2. The molecule has 4 rings (SSSR count). The van der Waals surface area contributed by atoms with Crippen molar-refractivity contribution in [2.75, 3.05) is 5.75 Å². The molecule has 0 radical (unpaired) electrons. The fourth-order valence-electron chi connectivity index (χ4n) is 3.67. The van der Waals surface area contributed by atoms with Gasteiger partial charge in [0.2, 0.25) is 0 Å². The number of aromatic nitrogens is 2. The van der Waals surface area contributed by atoms with Crippen LogP contribution in [-0.2, 0) is 13.1 Å². The van der Waals surface area contributed by atoms with Crippen LogP contribution >= 0.6 is 11.8 Å².